The van der Waals surface area contributed by atoms with Crippen molar-refractivity contribution in [3.05, 3.63) is 22.7 Å². The van der Waals surface area contributed by atoms with E-state index in [1.54, 1.807) is 6.20 Å². The molecule has 1 aromatic rings. The molecule has 3 aliphatic carbocycles. The van der Waals surface area contributed by atoms with Crippen LogP contribution in [0, 0.1) is 17.8 Å². The van der Waals surface area contributed by atoms with Gasteiger partial charge in [0.2, 0.25) is 0 Å². The lowest BCUT2D eigenvalue weighted by atomic mass is 9.84. The van der Waals surface area contributed by atoms with Gasteiger partial charge < -0.3 is 9.88 Å². The fourth-order valence-corrected chi connectivity index (χ4v) is 4.39. The van der Waals surface area contributed by atoms with Gasteiger partial charge in [-0.05, 0) is 56.8 Å². The van der Waals surface area contributed by atoms with E-state index in [2.05, 4.69) is 17.2 Å². The summed E-state index contributed by atoms with van der Waals surface area (Å²) >= 11 is 0. The Bertz CT molecular complexity index is 563. The fraction of sp³-hybridized carbons (Fsp3) is 0.750. The summed E-state index contributed by atoms with van der Waals surface area (Å²) in [5, 5.41) is 3.42. The zero-order valence-corrected chi connectivity index (χ0v) is 12.1. The molecule has 4 nitrogen and oxygen atoms in total. The Labute approximate surface area is 119 Å². The molecule has 3 aliphatic rings. The highest BCUT2D eigenvalue weighted by molar-refractivity contribution is 5.33. The van der Waals surface area contributed by atoms with E-state index in [0.29, 0.717) is 17.9 Å². The topological polar surface area (TPSA) is 46.9 Å². The van der Waals surface area contributed by atoms with Gasteiger partial charge in [0, 0.05) is 24.5 Å². The molecule has 1 aromatic heterocycles. The molecule has 3 saturated carbocycles. The van der Waals surface area contributed by atoms with Gasteiger partial charge >= 0.3 is 0 Å². The molecule has 0 radical (unpaired) electrons. The number of anilines is 1. The minimum Gasteiger partial charge on any atom is -0.363 e. The second-order valence-corrected chi connectivity index (χ2v) is 6.99. The van der Waals surface area contributed by atoms with Gasteiger partial charge in [-0.3, -0.25) is 4.79 Å². The van der Waals surface area contributed by atoms with E-state index in [4.69, 9.17) is 0 Å². The molecular weight excluding hydrogens is 250 g/mol. The predicted octanol–water partition coefficient (Wildman–Crippen LogP) is 2.81. The van der Waals surface area contributed by atoms with Crippen LogP contribution in [0.25, 0.3) is 0 Å². The van der Waals surface area contributed by atoms with Gasteiger partial charge in [0.25, 0.3) is 5.56 Å². The van der Waals surface area contributed by atoms with Crippen molar-refractivity contribution in [2.75, 3.05) is 5.32 Å². The summed E-state index contributed by atoms with van der Waals surface area (Å²) in [6.07, 6.45) is 11.4. The minimum absolute atomic E-state index is 0.0602. The highest BCUT2D eigenvalue weighted by Crippen LogP contribution is 2.49. The van der Waals surface area contributed by atoms with Crippen LogP contribution >= 0.6 is 0 Å². The van der Waals surface area contributed by atoms with Gasteiger partial charge in [-0.15, -0.1) is 0 Å². The van der Waals surface area contributed by atoms with Gasteiger partial charge in [-0.2, -0.15) is 0 Å². The van der Waals surface area contributed by atoms with Crippen LogP contribution in [-0.4, -0.2) is 15.6 Å². The van der Waals surface area contributed by atoms with E-state index in [0.717, 1.165) is 30.6 Å². The molecule has 1 N–H and O–H groups in total. The summed E-state index contributed by atoms with van der Waals surface area (Å²) in [4.78, 5) is 16.7. The molecule has 3 fully saturated rings. The number of nitrogens with one attached hydrogen (secondary N) is 1. The summed E-state index contributed by atoms with van der Waals surface area (Å²) in [6, 6.07) is 0.782. The largest absolute Gasteiger partial charge is 0.363 e. The molecule has 0 spiro atoms. The predicted molar refractivity (Wildman–Crippen MR) is 78.8 cm³/mol. The SMILES string of the molecule is CC(Nc1nccn(C2CC2)c1=O)C1CC2CCC1C2. The lowest BCUT2D eigenvalue weighted by molar-refractivity contribution is 0.303. The van der Waals surface area contributed by atoms with E-state index in [1.165, 1.54) is 25.7 Å². The number of nitrogens with zero attached hydrogens (tertiary/aromatic N) is 2. The van der Waals surface area contributed by atoms with Crippen molar-refractivity contribution in [2.45, 2.75) is 57.5 Å². The van der Waals surface area contributed by atoms with Crippen molar-refractivity contribution >= 4 is 5.82 Å². The zero-order valence-electron chi connectivity index (χ0n) is 12.1. The minimum atomic E-state index is 0.0602. The van der Waals surface area contributed by atoms with E-state index in [-0.39, 0.29) is 5.56 Å². The first-order valence-electron chi connectivity index (χ1n) is 8.06. The van der Waals surface area contributed by atoms with Gasteiger partial charge in [0.05, 0.1) is 0 Å². The van der Waals surface area contributed by atoms with Gasteiger partial charge in [0.1, 0.15) is 0 Å². The van der Waals surface area contributed by atoms with Gasteiger partial charge in [0.15, 0.2) is 5.82 Å². The molecule has 2 bridgehead atoms. The Balaban J connectivity index is 1.51. The Morgan fingerprint density at radius 3 is 2.80 bits per heavy atom. The van der Waals surface area contributed by atoms with Crippen LogP contribution in [0.4, 0.5) is 5.82 Å². The van der Waals surface area contributed by atoms with Crippen LogP contribution in [0.5, 0.6) is 0 Å². The molecule has 0 saturated heterocycles. The second-order valence-electron chi connectivity index (χ2n) is 6.99. The Kier molecular flexibility index (Phi) is 2.86. The summed E-state index contributed by atoms with van der Waals surface area (Å²) < 4.78 is 1.85. The van der Waals surface area contributed by atoms with Crippen molar-refractivity contribution in [3.8, 4) is 0 Å². The number of fused-ring (bicyclic) bond motifs is 2. The van der Waals surface area contributed by atoms with Crippen LogP contribution in [0.15, 0.2) is 17.2 Å². The maximum Gasteiger partial charge on any atom is 0.293 e. The highest BCUT2D eigenvalue weighted by Gasteiger charge is 2.42. The van der Waals surface area contributed by atoms with Crippen molar-refractivity contribution in [2.24, 2.45) is 17.8 Å². The van der Waals surface area contributed by atoms with Crippen LogP contribution in [0.3, 0.4) is 0 Å². The third kappa shape index (κ3) is 2.05. The molecular formula is C16H23N3O. The van der Waals surface area contributed by atoms with E-state index < -0.39 is 0 Å². The normalized spacial score (nSPS) is 33.4. The van der Waals surface area contributed by atoms with Crippen LogP contribution < -0.4 is 10.9 Å². The average Bonchev–Trinajstić information content (AvgIpc) is 3.07. The third-order valence-electron chi connectivity index (χ3n) is 5.61. The number of hydrogen-bond donors (Lipinski definition) is 1. The monoisotopic (exact) mass is 273 g/mol. The lowest BCUT2D eigenvalue weighted by Crippen LogP contribution is -2.34. The van der Waals surface area contributed by atoms with Crippen molar-refractivity contribution in [3.63, 3.8) is 0 Å². The van der Waals surface area contributed by atoms with Crippen molar-refractivity contribution in [1.29, 1.82) is 0 Å². The smallest absolute Gasteiger partial charge is 0.293 e. The Morgan fingerprint density at radius 2 is 2.15 bits per heavy atom. The van der Waals surface area contributed by atoms with Crippen LogP contribution in [0.1, 0.15) is 51.5 Å². The Morgan fingerprint density at radius 1 is 1.30 bits per heavy atom. The highest BCUT2D eigenvalue weighted by atomic mass is 16.1. The van der Waals surface area contributed by atoms with Gasteiger partial charge in [-0.25, -0.2) is 4.98 Å². The Hall–Kier alpha value is -1.32. The van der Waals surface area contributed by atoms with Crippen LogP contribution in [-0.2, 0) is 0 Å². The molecule has 0 amide bonds. The zero-order chi connectivity index (χ0) is 13.7. The maximum absolute atomic E-state index is 12.4. The van der Waals surface area contributed by atoms with Crippen molar-refractivity contribution in [1.82, 2.24) is 9.55 Å². The second kappa shape index (κ2) is 4.61. The standard InChI is InChI=1S/C16H23N3O/c1-10(14-9-11-2-3-12(14)8-11)18-15-16(20)19(7-6-17-15)13-4-5-13/h6-7,10-14H,2-5,8-9H2,1H3,(H,17,18). The first-order chi connectivity index (χ1) is 9.72. The number of aromatic nitrogens is 2. The molecule has 4 atom stereocenters. The first-order valence-corrected chi connectivity index (χ1v) is 8.06. The maximum atomic E-state index is 12.4. The quantitative estimate of drug-likeness (QED) is 0.917. The molecule has 108 valence electrons. The third-order valence-corrected chi connectivity index (χ3v) is 5.61. The van der Waals surface area contributed by atoms with E-state index in [9.17, 15) is 4.79 Å². The van der Waals surface area contributed by atoms with Gasteiger partial charge in [-0.1, -0.05) is 6.42 Å². The first kappa shape index (κ1) is 12.4. The summed E-state index contributed by atoms with van der Waals surface area (Å²) in [5.74, 6) is 3.09. The summed E-state index contributed by atoms with van der Waals surface area (Å²) in [6.45, 7) is 2.22. The molecule has 1 heterocycles. The van der Waals surface area contributed by atoms with E-state index in [1.807, 2.05) is 10.8 Å². The number of hydrogen-bond acceptors (Lipinski definition) is 3. The average molecular weight is 273 g/mol. The molecule has 0 aliphatic heterocycles. The summed E-state index contributed by atoms with van der Waals surface area (Å²) in [5.41, 5.74) is 0.0602. The number of rotatable bonds is 4. The molecule has 4 unspecified atom stereocenters. The lowest BCUT2D eigenvalue weighted by Gasteiger charge is -2.28. The molecule has 20 heavy (non-hydrogen) atoms. The molecule has 0 aromatic carbocycles. The fourth-order valence-electron chi connectivity index (χ4n) is 4.39. The van der Waals surface area contributed by atoms with Crippen molar-refractivity contribution < 1.29 is 0 Å². The summed E-state index contributed by atoms with van der Waals surface area (Å²) in [7, 11) is 0. The van der Waals surface area contributed by atoms with Crippen LogP contribution in [0.2, 0.25) is 0 Å². The van der Waals surface area contributed by atoms with E-state index >= 15 is 0 Å². The molecule has 4 heteroatoms. The molecule has 4 rings (SSSR count).